The van der Waals surface area contributed by atoms with Gasteiger partial charge in [-0.15, -0.1) is 0 Å². The van der Waals surface area contributed by atoms with Crippen molar-refractivity contribution in [3.05, 3.63) is 59.9 Å². The highest BCUT2D eigenvalue weighted by Crippen LogP contribution is 2.23. The molecule has 18 heavy (non-hydrogen) atoms. The first-order valence-corrected chi connectivity index (χ1v) is 5.59. The second-order valence-corrected chi connectivity index (χ2v) is 3.91. The average Bonchev–Trinajstić information content (AvgIpc) is 2.38. The fourth-order valence-electron chi connectivity index (χ4n) is 1.63. The minimum atomic E-state index is -0.509. The normalized spacial score (nSPS) is 12.1. The van der Waals surface area contributed by atoms with Gasteiger partial charge in [0.1, 0.15) is 12.4 Å². The molecule has 0 amide bonds. The Morgan fingerprint density at radius 3 is 2.50 bits per heavy atom. The summed E-state index contributed by atoms with van der Waals surface area (Å²) in [7, 11) is 0. The molecule has 0 fully saturated rings. The largest absolute Gasteiger partial charge is 0.508 e. The number of rotatable bonds is 4. The predicted octanol–water partition coefficient (Wildman–Crippen LogP) is 2.61. The molecule has 1 unspecified atom stereocenters. The van der Waals surface area contributed by atoms with E-state index in [0.29, 0.717) is 5.56 Å². The summed E-state index contributed by atoms with van der Waals surface area (Å²) in [5.41, 5.74) is 6.46. The molecule has 94 valence electrons. The Morgan fingerprint density at radius 1 is 1.11 bits per heavy atom. The smallest absolute Gasteiger partial charge is 0.165 e. The second-order valence-electron chi connectivity index (χ2n) is 3.91. The maximum absolute atomic E-state index is 13.3. The number of aromatic hydroxyl groups is 1. The Labute approximate surface area is 105 Å². The molecule has 0 aromatic heterocycles. The van der Waals surface area contributed by atoms with Gasteiger partial charge in [0.25, 0.3) is 0 Å². The van der Waals surface area contributed by atoms with Crippen molar-refractivity contribution >= 4 is 0 Å². The van der Waals surface area contributed by atoms with Crippen molar-refractivity contribution in [3.8, 4) is 11.5 Å². The molecule has 0 radical (unpaired) electrons. The van der Waals surface area contributed by atoms with Crippen molar-refractivity contribution in [3.63, 3.8) is 0 Å². The topological polar surface area (TPSA) is 55.5 Å². The summed E-state index contributed by atoms with van der Waals surface area (Å²) in [5.74, 6) is -0.160. The Kier molecular flexibility index (Phi) is 3.79. The van der Waals surface area contributed by atoms with Crippen molar-refractivity contribution in [2.75, 3.05) is 6.61 Å². The van der Waals surface area contributed by atoms with Crippen molar-refractivity contribution in [1.29, 1.82) is 0 Å². The number of phenols is 1. The Hall–Kier alpha value is -2.07. The molecule has 0 aliphatic carbocycles. The average molecular weight is 247 g/mol. The molecule has 2 aromatic carbocycles. The third kappa shape index (κ3) is 2.78. The van der Waals surface area contributed by atoms with Crippen LogP contribution in [0.5, 0.6) is 11.5 Å². The van der Waals surface area contributed by atoms with Crippen LogP contribution in [0.15, 0.2) is 48.5 Å². The van der Waals surface area contributed by atoms with E-state index in [4.69, 9.17) is 10.5 Å². The highest BCUT2D eigenvalue weighted by atomic mass is 19.1. The fourth-order valence-corrected chi connectivity index (χ4v) is 1.63. The third-order valence-corrected chi connectivity index (χ3v) is 2.59. The monoisotopic (exact) mass is 247 g/mol. The molecular formula is C14H14FNO2. The summed E-state index contributed by atoms with van der Waals surface area (Å²) < 4.78 is 18.6. The van der Waals surface area contributed by atoms with Gasteiger partial charge in [0.15, 0.2) is 11.6 Å². The Bertz CT molecular complexity index is 531. The van der Waals surface area contributed by atoms with Gasteiger partial charge in [-0.25, -0.2) is 4.39 Å². The van der Waals surface area contributed by atoms with Gasteiger partial charge in [-0.05, 0) is 18.2 Å². The highest BCUT2D eigenvalue weighted by Gasteiger charge is 2.12. The summed E-state index contributed by atoms with van der Waals surface area (Å²) in [5, 5.41) is 9.62. The zero-order valence-corrected chi connectivity index (χ0v) is 9.71. The zero-order valence-electron chi connectivity index (χ0n) is 9.71. The lowest BCUT2D eigenvalue weighted by Gasteiger charge is -2.15. The number of halogens is 1. The van der Waals surface area contributed by atoms with Gasteiger partial charge in [-0.2, -0.15) is 0 Å². The van der Waals surface area contributed by atoms with Crippen molar-refractivity contribution in [1.82, 2.24) is 0 Å². The first-order valence-electron chi connectivity index (χ1n) is 5.59. The minimum absolute atomic E-state index is 0.0957. The summed E-state index contributed by atoms with van der Waals surface area (Å²) in [4.78, 5) is 0. The van der Waals surface area contributed by atoms with Crippen LogP contribution in [0.1, 0.15) is 11.6 Å². The summed E-state index contributed by atoms with van der Waals surface area (Å²) in [6.07, 6.45) is 0. The van der Waals surface area contributed by atoms with E-state index in [9.17, 15) is 9.50 Å². The third-order valence-electron chi connectivity index (χ3n) is 2.59. The molecule has 3 N–H and O–H groups in total. The molecule has 0 heterocycles. The molecule has 0 aliphatic heterocycles. The number of phenolic OH excluding ortho intramolecular Hbond substituents is 1. The highest BCUT2D eigenvalue weighted by molar-refractivity contribution is 5.34. The first kappa shape index (κ1) is 12.4. The quantitative estimate of drug-likeness (QED) is 0.873. The molecule has 0 spiro atoms. The van der Waals surface area contributed by atoms with Gasteiger partial charge < -0.3 is 15.6 Å². The molecular weight excluding hydrogens is 233 g/mol. The van der Waals surface area contributed by atoms with Crippen molar-refractivity contribution in [2.45, 2.75) is 6.04 Å². The Morgan fingerprint density at radius 2 is 1.78 bits per heavy atom. The van der Waals surface area contributed by atoms with Crippen LogP contribution in [0, 0.1) is 5.82 Å². The minimum Gasteiger partial charge on any atom is -0.508 e. The van der Waals surface area contributed by atoms with Gasteiger partial charge in [0.05, 0.1) is 6.04 Å². The fraction of sp³-hybridized carbons (Fsp3) is 0.143. The van der Waals surface area contributed by atoms with Gasteiger partial charge in [0, 0.05) is 5.56 Å². The second kappa shape index (κ2) is 5.51. The summed E-state index contributed by atoms with van der Waals surface area (Å²) >= 11 is 0. The van der Waals surface area contributed by atoms with Crippen LogP contribution in [-0.2, 0) is 0 Å². The van der Waals surface area contributed by atoms with E-state index in [1.807, 2.05) is 0 Å². The van der Waals surface area contributed by atoms with Gasteiger partial charge >= 0.3 is 0 Å². The number of hydrogen-bond donors (Lipinski definition) is 2. The molecule has 0 saturated heterocycles. The lowest BCUT2D eigenvalue weighted by Crippen LogP contribution is -2.19. The summed E-state index contributed by atoms with van der Waals surface area (Å²) in [6.45, 7) is 0.0957. The van der Waals surface area contributed by atoms with E-state index >= 15 is 0 Å². The van der Waals surface area contributed by atoms with Crippen molar-refractivity contribution < 1.29 is 14.2 Å². The van der Waals surface area contributed by atoms with Crippen LogP contribution in [0.4, 0.5) is 4.39 Å². The van der Waals surface area contributed by atoms with Crippen LogP contribution in [-0.4, -0.2) is 11.7 Å². The van der Waals surface area contributed by atoms with Crippen molar-refractivity contribution in [2.24, 2.45) is 5.73 Å². The molecule has 0 aliphatic rings. The predicted molar refractivity (Wildman–Crippen MR) is 66.9 cm³/mol. The van der Waals surface area contributed by atoms with E-state index < -0.39 is 11.9 Å². The number of benzene rings is 2. The lowest BCUT2D eigenvalue weighted by molar-refractivity contribution is 0.275. The van der Waals surface area contributed by atoms with Crippen LogP contribution < -0.4 is 10.5 Å². The van der Waals surface area contributed by atoms with E-state index in [1.165, 1.54) is 12.1 Å². The standard InChI is InChI=1S/C14H14FNO2/c15-11-6-2-4-8-14(11)18-9-12(16)10-5-1-3-7-13(10)17/h1-8,12,17H,9,16H2. The number of para-hydroxylation sites is 2. The van der Waals surface area contributed by atoms with Gasteiger partial charge in [0.2, 0.25) is 0 Å². The van der Waals surface area contributed by atoms with Crippen LogP contribution >= 0.6 is 0 Å². The molecule has 1 atom stereocenters. The van der Waals surface area contributed by atoms with E-state index in [-0.39, 0.29) is 18.1 Å². The number of hydrogen-bond acceptors (Lipinski definition) is 3. The maximum atomic E-state index is 13.3. The molecule has 2 aromatic rings. The maximum Gasteiger partial charge on any atom is 0.165 e. The number of nitrogens with two attached hydrogens (primary N) is 1. The lowest BCUT2D eigenvalue weighted by atomic mass is 10.1. The Balaban J connectivity index is 2.03. The SMILES string of the molecule is NC(COc1ccccc1F)c1ccccc1O. The summed E-state index contributed by atoms with van der Waals surface area (Å²) in [6, 6.07) is 12.4. The van der Waals surface area contributed by atoms with Gasteiger partial charge in [-0.1, -0.05) is 30.3 Å². The van der Waals surface area contributed by atoms with E-state index in [2.05, 4.69) is 0 Å². The molecule has 2 rings (SSSR count). The molecule has 0 bridgehead atoms. The van der Waals surface area contributed by atoms with Crippen LogP contribution in [0.2, 0.25) is 0 Å². The van der Waals surface area contributed by atoms with E-state index in [1.54, 1.807) is 36.4 Å². The zero-order chi connectivity index (χ0) is 13.0. The van der Waals surface area contributed by atoms with E-state index in [0.717, 1.165) is 0 Å². The number of ether oxygens (including phenoxy) is 1. The molecule has 3 nitrogen and oxygen atoms in total. The molecule has 0 saturated carbocycles. The molecule has 4 heteroatoms. The van der Waals surface area contributed by atoms with Crippen LogP contribution in [0.3, 0.4) is 0 Å². The first-order chi connectivity index (χ1) is 8.68. The van der Waals surface area contributed by atoms with Gasteiger partial charge in [-0.3, -0.25) is 0 Å². The van der Waals surface area contributed by atoms with Crippen LogP contribution in [0.25, 0.3) is 0 Å².